The second kappa shape index (κ2) is 5.25. The lowest BCUT2D eigenvalue weighted by molar-refractivity contribution is 1.37. The van der Waals surface area contributed by atoms with Crippen LogP contribution in [0.4, 0.5) is 0 Å². The molecule has 114 valence electrons. The third kappa shape index (κ3) is 2.09. The lowest BCUT2D eigenvalue weighted by atomic mass is 9.94. The van der Waals surface area contributed by atoms with Crippen LogP contribution >= 0.6 is 11.8 Å². The van der Waals surface area contributed by atoms with Gasteiger partial charge in [-0.3, -0.25) is 0 Å². The fourth-order valence-corrected chi connectivity index (χ4v) is 4.47. The molecule has 24 heavy (non-hydrogen) atoms. The van der Waals surface area contributed by atoms with E-state index in [1.165, 1.54) is 47.7 Å². The van der Waals surface area contributed by atoms with Crippen molar-refractivity contribution in [3.63, 3.8) is 0 Å². The Bertz CT molecular complexity index is 1150. The largest absolute Gasteiger partial charge is 0.0894 e. The van der Waals surface area contributed by atoms with Crippen molar-refractivity contribution in [3.05, 3.63) is 84.4 Å². The number of benzene rings is 5. The first-order valence-electron chi connectivity index (χ1n) is 8.21. The van der Waals surface area contributed by atoms with Gasteiger partial charge in [0.15, 0.2) is 0 Å². The average molecular weight is 324 g/mol. The van der Waals surface area contributed by atoms with Gasteiger partial charge in [0.05, 0.1) is 0 Å². The molecule has 0 bridgehead atoms. The van der Waals surface area contributed by atoms with E-state index in [2.05, 4.69) is 85.8 Å². The molecule has 0 fully saturated rings. The van der Waals surface area contributed by atoms with E-state index in [1.807, 2.05) is 11.8 Å². The summed E-state index contributed by atoms with van der Waals surface area (Å²) in [6.07, 6.45) is 0. The molecule has 0 amide bonds. The Balaban J connectivity index is 1.79. The highest BCUT2D eigenvalue weighted by Crippen LogP contribution is 2.40. The molecule has 1 heteroatoms. The van der Waals surface area contributed by atoms with Gasteiger partial charge in [-0.2, -0.15) is 0 Å². The predicted octanol–water partition coefficient (Wildman–Crippen LogP) is 7.04. The number of hydrogen-bond donors (Lipinski definition) is 0. The molecule has 0 saturated carbocycles. The summed E-state index contributed by atoms with van der Waals surface area (Å²) in [7, 11) is 0. The predicted molar refractivity (Wildman–Crippen MR) is 105 cm³/mol. The van der Waals surface area contributed by atoms with Gasteiger partial charge in [0.25, 0.3) is 0 Å². The van der Waals surface area contributed by atoms with E-state index in [0.717, 1.165) is 0 Å². The van der Waals surface area contributed by atoms with Crippen molar-refractivity contribution in [1.29, 1.82) is 0 Å². The molecule has 5 aromatic carbocycles. The van der Waals surface area contributed by atoms with Gasteiger partial charge in [-0.25, -0.2) is 0 Å². The normalized spacial score (nSPS) is 11.7. The summed E-state index contributed by atoms with van der Waals surface area (Å²) in [5.41, 5.74) is 1.30. The van der Waals surface area contributed by atoms with Crippen LogP contribution in [0.1, 0.15) is 5.56 Å². The van der Waals surface area contributed by atoms with Crippen LogP contribution in [-0.4, -0.2) is 0 Å². The van der Waals surface area contributed by atoms with E-state index >= 15 is 0 Å². The maximum Gasteiger partial charge on any atom is 0.0201 e. The summed E-state index contributed by atoms with van der Waals surface area (Å²) in [4.78, 5) is 2.61. The van der Waals surface area contributed by atoms with Crippen molar-refractivity contribution in [2.75, 3.05) is 0 Å². The Morgan fingerprint density at radius 2 is 1.21 bits per heavy atom. The zero-order chi connectivity index (χ0) is 16.1. The molecule has 0 saturated heterocycles. The van der Waals surface area contributed by atoms with Crippen LogP contribution < -0.4 is 0 Å². The second-order valence-electron chi connectivity index (χ2n) is 6.33. The molecular weight excluding hydrogens is 308 g/mol. The fraction of sp³-hybridized carbons (Fsp3) is 0.0435. The monoisotopic (exact) mass is 324 g/mol. The summed E-state index contributed by atoms with van der Waals surface area (Å²) < 4.78 is 0. The summed E-state index contributed by atoms with van der Waals surface area (Å²) in [6.45, 7) is 2.13. The van der Waals surface area contributed by atoms with Crippen molar-refractivity contribution < 1.29 is 0 Å². The highest BCUT2D eigenvalue weighted by molar-refractivity contribution is 7.99. The van der Waals surface area contributed by atoms with Crippen LogP contribution in [-0.2, 0) is 0 Å². The van der Waals surface area contributed by atoms with Crippen molar-refractivity contribution in [1.82, 2.24) is 0 Å². The molecule has 5 aromatic rings. The maximum atomic E-state index is 2.28. The fourth-order valence-electron chi connectivity index (χ4n) is 3.53. The van der Waals surface area contributed by atoms with Gasteiger partial charge in [-0.1, -0.05) is 78.0 Å². The third-order valence-corrected chi connectivity index (χ3v) is 5.82. The van der Waals surface area contributed by atoms with Crippen LogP contribution in [0.25, 0.3) is 32.3 Å². The Labute approximate surface area is 145 Å². The molecule has 0 aliphatic heterocycles. The first kappa shape index (κ1) is 13.9. The second-order valence-corrected chi connectivity index (χ2v) is 7.45. The first-order chi connectivity index (χ1) is 11.8. The van der Waals surface area contributed by atoms with E-state index in [-0.39, 0.29) is 0 Å². The van der Waals surface area contributed by atoms with E-state index in [1.54, 1.807) is 0 Å². The molecular formula is C23H16S. The van der Waals surface area contributed by atoms with Crippen molar-refractivity contribution in [2.24, 2.45) is 0 Å². The van der Waals surface area contributed by atoms with Crippen molar-refractivity contribution in [3.8, 4) is 0 Å². The molecule has 0 spiro atoms. The van der Waals surface area contributed by atoms with Gasteiger partial charge in [-0.15, -0.1) is 0 Å². The van der Waals surface area contributed by atoms with Gasteiger partial charge >= 0.3 is 0 Å². The first-order valence-corrected chi connectivity index (χ1v) is 9.02. The standard InChI is InChI=1S/C23H16S/c1-15-5-11-19(12-6-15)24-21-14-10-18-8-7-16-3-2-4-17-9-13-20(21)23(18)22(16)17/h2-14H,1H3. The number of hydrogen-bond acceptors (Lipinski definition) is 1. The summed E-state index contributed by atoms with van der Waals surface area (Å²) >= 11 is 1.85. The molecule has 0 aromatic heterocycles. The zero-order valence-electron chi connectivity index (χ0n) is 13.4. The topological polar surface area (TPSA) is 0 Å². The lowest BCUT2D eigenvalue weighted by Crippen LogP contribution is -1.85. The van der Waals surface area contributed by atoms with Gasteiger partial charge < -0.3 is 0 Å². The molecule has 0 nitrogen and oxygen atoms in total. The summed E-state index contributed by atoms with van der Waals surface area (Å²) in [5, 5.41) is 8.10. The molecule has 5 rings (SSSR count). The minimum Gasteiger partial charge on any atom is -0.0894 e. The van der Waals surface area contributed by atoms with Gasteiger partial charge in [0.2, 0.25) is 0 Å². The van der Waals surface area contributed by atoms with Crippen LogP contribution in [0, 0.1) is 6.92 Å². The van der Waals surface area contributed by atoms with E-state index in [0.29, 0.717) is 0 Å². The van der Waals surface area contributed by atoms with E-state index < -0.39 is 0 Å². The molecule has 0 radical (unpaired) electrons. The number of rotatable bonds is 2. The SMILES string of the molecule is Cc1ccc(Sc2ccc3ccc4cccc5ccc2c3c45)cc1. The molecule has 0 heterocycles. The Morgan fingerprint density at radius 3 is 1.96 bits per heavy atom. The van der Waals surface area contributed by atoms with Crippen LogP contribution in [0.2, 0.25) is 0 Å². The summed E-state index contributed by atoms with van der Waals surface area (Å²) in [5.74, 6) is 0. The minimum atomic E-state index is 1.29. The third-order valence-electron chi connectivity index (χ3n) is 4.74. The molecule has 0 atom stereocenters. The Hall–Kier alpha value is -2.51. The van der Waals surface area contributed by atoms with E-state index in [4.69, 9.17) is 0 Å². The molecule has 0 N–H and O–H groups in total. The van der Waals surface area contributed by atoms with Crippen molar-refractivity contribution in [2.45, 2.75) is 16.7 Å². The molecule has 0 unspecified atom stereocenters. The highest BCUT2D eigenvalue weighted by Gasteiger charge is 2.11. The average Bonchev–Trinajstić information content (AvgIpc) is 2.63. The van der Waals surface area contributed by atoms with Gasteiger partial charge in [0.1, 0.15) is 0 Å². The molecule has 0 aliphatic carbocycles. The summed E-state index contributed by atoms with van der Waals surface area (Å²) in [6, 6.07) is 28.8. The van der Waals surface area contributed by atoms with E-state index in [9.17, 15) is 0 Å². The number of aryl methyl sites for hydroxylation is 1. The van der Waals surface area contributed by atoms with Crippen molar-refractivity contribution >= 4 is 44.1 Å². The van der Waals surface area contributed by atoms with Gasteiger partial charge in [-0.05, 0) is 57.4 Å². The quantitative estimate of drug-likeness (QED) is 0.314. The highest BCUT2D eigenvalue weighted by atomic mass is 32.2. The Morgan fingerprint density at radius 1 is 0.583 bits per heavy atom. The smallest absolute Gasteiger partial charge is 0.0201 e. The minimum absolute atomic E-state index is 1.29. The maximum absolute atomic E-state index is 2.28. The molecule has 0 aliphatic rings. The van der Waals surface area contributed by atoms with Gasteiger partial charge in [0, 0.05) is 9.79 Å². The van der Waals surface area contributed by atoms with Crippen LogP contribution in [0.15, 0.2) is 88.7 Å². The van der Waals surface area contributed by atoms with Crippen LogP contribution in [0.3, 0.4) is 0 Å². The Kier molecular flexibility index (Phi) is 3.04. The van der Waals surface area contributed by atoms with Crippen LogP contribution in [0.5, 0.6) is 0 Å². The zero-order valence-corrected chi connectivity index (χ0v) is 14.2. The lowest BCUT2D eigenvalue weighted by Gasteiger charge is -2.13.